The van der Waals surface area contributed by atoms with E-state index < -0.39 is 17.2 Å². The van der Waals surface area contributed by atoms with Crippen LogP contribution >= 0.6 is 11.6 Å². The van der Waals surface area contributed by atoms with E-state index in [-0.39, 0.29) is 10.6 Å². The Kier molecular flexibility index (Phi) is 3.37. The molecule has 1 aliphatic carbocycles. The molecule has 1 aromatic rings. The van der Waals surface area contributed by atoms with Crippen LogP contribution in [-0.2, 0) is 10.2 Å². The second-order valence-electron chi connectivity index (χ2n) is 5.08. The quantitative estimate of drug-likeness (QED) is 0.882. The number of carboxylic acid groups (broad SMARTS) is 1. The average Bonchev–Trinajstić information content (AvgIpc) is 2.77. The van der Waals surface area contributed by atoms with Crippen molar-refractivity contribution in [3.8, 4) is 0 Å². The van der Waals surface area contributed by atoms with Crippen molar-refractivity contribution in [2.24, 2.45) is 0 Å². The molecule has 1 saturated carbocycles. The summed E-state index contributed by atoms with van der Waals surface area (Å²) in [4.78, 5) is 11.6. The summed E-state index contributed by atoms with van der Waals surface area (Å²) in [5.74, 6) is -1.51. The van der Waals surface area contributed by atoms with Crippen LogP contribution in [0.1, 0.15) is 42.4 Å². The van der Waals surface area contributed by atoms with Crippen LogP contribution in [0.25, 0.3) is 0 Å². The molecule has 0 saturated heterocycles. The Labute approximate surface area is 111 Å². The van der Waals surface area contributed by atoms with Crippen LogP contribution in [0.4, 0.5) is 4.39 Å². The van der Waals surface area contributed by atoms with Gasteiger partial charge >= 0.3 is 5.97 Å². The predicted molar refractivity (Wildman–Crippen MR) is 68.7 cm³/mol. The van der Waals surface area contributed by atoms with E-state index in [4.69, 9.17) is 11.6 Å². The number of rotatable bonds is 2. The third-order valence-corrected chi connectivity index (χ3v) is 4.36. The lowest BCUT2D eigenvalue weighted by Gasteiger charge is -2.28. The van der Waals surface area contributed by atoms with Crippen LogP contribution in [0.15, 0.2) is 6.07 Å². The van der Waals surface area contributed by atoms with Crippen molar-refractivity contribution in [1.82, 2.24) is 0 Å². The zero-order chi connectivity index (χ0) is 13.5. The molecule has 0 spiro atoms. The minimum absolute atomic E-state index is 0.0145. The maximum atomic E-state index is 14.3. The zero-order valence-corrected chi connectivity index (χ0v) is 11.3. The highest BCUT2D eigenvalue weighted by atomic mass is 35.5. The van der Waals surface area contributed by atoms with Crippen LogP contribution in [0.2, 0.25) is 5.02 Å². The fourth-order valence-electron chi connectivity index (χ4n) is 2.96. The van der Waals surface area contributed by atoms with Crippen molar-refractivity contribution in [1.29, 1.82) is 0 Å². The molecular weight excluding hydrogens is 255 g/mol. The Morgan fingerprint density at radius 2 is 1.94 bits per heavy atom. The van der Waals surface area contributed by atoms with E-state index in [0.717, 1.165) is 18.4 Å². The highest BCUT2D eigenvalue weighted by Crippen LogP contribution is 2.45. The van der Waals surface area contributed by atoms with Gasteiger partial charge in [0.2, 0.25) is 0 Å². The molecule has 0 bridgehead atoms. The van der Waals surface area contributed by atoms with Crippen LogP contribution < -0.4 is 0 Å². The second-order valence-corrected chi connectivity index (χ2v) is 5.49. The Balaban J connectivity index is 2.73. The lowest BCUT2D eigenvalue weighted by Crippen LogP contribution is -2.34. The lowest BCUT2D eigenvalue weighted by molar-refractivity contribution is -0.143. The van der Waals surface area contributed by atoms with Gasteiger partial charge in [0.1, 0.15) is 5.82 Å². The second kappa shape index (κ2) is 4.54. The van der Waals surface area contributed by atoms with Gasteiger partial charge in [-0.2, -0.15) is 0 Å². The van der Waals surface area contributed by atoms with E-state index in [0.29, 0.717) is 18.4 Å². The van der Waals surface area contributed by atoms with Gasteiger partial charge in [0, 0.05) is 5.56 Å². The summed E-state index contributed by atoms with van der Waals surface area (Å²) in [6.45, 7) is 3.60. The van der Waals surface area contributed by atoms with E-state index in [2.05, 4.69) is 0 Å². The van der Waals surface area contributed by atoms with Crippen LogP contribution in [-0.4, -0.2) is 11.1 Å². The molecule has 0 aliphatic heterocycles. The Morgan fingerprint density at radius 3 is 2.44 bits per heavy atom. The number of hydrogen-bond acceptors (Lipinski definition) is 1. The summed E-state index contributed by atoms with van der Waals surface area (Å²) in [6.07, 6.45) is 2.60. The molecule has 0 aromatic heterocycles. The van der Waals surface area contributed by atoms with E-state index in [1.54, 1.807) is 13.0 Å². The van der Waals surface area contributed by atoms with Crippen molar-refractivity contribution in [3.05, 3.63) is 33.6 Å². The number of benzene rings is 1. The van der Waals surface area contributed by atoms with E-state index >= 15 is 0 Å². The third-order valence-electron chi connectivity index (χ3n) is 4.08. The molecule has 0 atom stereocenters. The summed E-state index contributed by atoms with van der Waals surface area (Å²) in [6, 6.07) is 1.56. The first-order chi connectivity index (χ1) is 8.40. The number of halogens is 2. The molecule has 1 N–H and O–H groups in total. The normalized spacial score (nSPS) is 18.0. The average molecular weight is 271 g/mol. The lowest BCUT2D eigenvalue weighted by atomic mass is 9.75. The molecule has 0 unspecified atom stereocenters. The van der Waals surface area contributed by atoms with Crippen molar-refractivity contribution in [2.45, 2.75) is 44.9 Å². The number of aryl methyl sites for hydroxylation is 1. The number of aliphatic carboxylic acids is 1. The summed E-state index contributed by atoms with van der Waals surface area (Å²) in [7, 11) is 0. The third kappa shape index (κ3) is 1.81. The molecule has 0 amide bonds. The van der Waals surface area contributed by atoms with E-state index in [1.165, 1.54) is 0 Å². The molecular formula is C14H16ClFO2. The SMILES string of the molecule is Cc1cc(Cl)c(F)c(C2(C(=O)O)CCCC2)c1C. The predicted octanol–water partition coefficient (Wildman–Crippen LogP) is 3.99. The Bertz CT molecular complexity index is 479. The van der Waals surface area contributed by atoms with E-state index in [9.17, 15) is 14.3 Å². The fraction of sp³-hybridized carbons (Fsp3) is 0.500. The molecule has 2 nitrogen and oxygen atoms in total. The van der Waals surface area contributed by atoms with Gasteiger partial charge in [0.05, 0.1) is 10.4 Å². The van der Waals surface area contributed by atoms with Crippen LogP contribution in [0, 0.1) is 19.7 Å². The van der Waals surface area contributed by atoms with Crippen molar-refractivity contribution in [3.63, 3.8) is 0 Å². The Hall–Kier alpha value is -1.09. The number of carbonyl (C=O) groups is 1. The number of hydrogen-bond donors (Lipinski definition) is 1. The molecule has 0 heterocycles. The molecule has 4 heteroatoms. The molecule has 0 radical (unpaired) electrons. The van der Waals surface area contributed by atoms with Gasteiger partial charge in [-0.05, 0) is 43.9 Å². The highest BCUT2D eigenvalue weighted by molar-refractivity contribution is 6.31. The van der Waals surface area contributed by atoms with Gasteiger partial charge in [-0.25, -0.2) is 4.39 Å². The molecule has 98 valence electrons. The smallest absolute Gasteiger partial charge is 0.314 e. The number of carboxylic acids is 1. The first-order valence-electron chi connectivity index (χ1n) is 6.09. The van der Waals surface area contributed by atoms with Gasteiger partial charge in [-0.1, -0.05) is 24.4 Å². The fourth-order valence-corrected chi connectivity index (χ4v) is 3.22. The zero-order valence-electron chi connectivity index (χ0n) is 10.5. The maximum Gasteiger partial charge on any atom is 0.314 e. The van der Waals surface area contributed by atoms with Crippen molar-refractivity contribution < 1.29 is 14.3 Å². The summed E-state index contributed by atoms with van der Waals surface area (Å²) >= 11 is 5.87. The Morgan fingerprint density at radius 1 is 1.39 bits per heavy atom. The largest absolute Gasteiger partial charge is 0.481 e. The molecule has 1 aromatic carbocycles. The van der Waals surface area contributed by atoms with Crippen LogP contribution in [0.5, 0.6) is 0 Å². The van der Waals surface area contributed by atoms with Gasteiger partial charge in [-0.3, -0.25) is 4.79 Å². The van der Waals surface area contributed by atoms with E-state index in [1.807, 2.05) is 6.92 Å². The molecule has 1 fully saturated rings. The maximum absolute atomic E-state index is 14.3. The highest BCUT2D eigenvalue weighted by Gasteiger charge is 2.46. The molecule has 2 rings (SSSR count). The van der Waals surface area contributed by atoms with Gasteiger partial charge in [-0.15, -0.1) is 0 Å². The monoisotopic (exact) mass is 270 g/mol. The first kappa shape index (κ1) is 13.3. The summed E-state index contributed by atoms with van der Waals surface area (Å²) < 4.78 is 14.3. The first-order valence-corrected chi connectivity index (χ1v) is 6.47. The van der Waals surface area contributed by atoms with Gasteiger partial charge < -0.3 is 5.11 Å². The molecule has 18 heavy (non-hydrogen) atoms. The minimum atomic E-state index is -1.09. The van der Waals surface area contributed by atoms with Gasteiger partial charge in [0.25, 0.3) is 0 Å². The van der Waals surface area contributed by atoms with Crippen LogP contribution in [0.3, 0.4) is 0 Å². The van der Waals surface area contributed by atoms with Gasteiger partial charge in [0.15, 0.2) is 0 Å². The van der Waals surface area contributed by atoms with Crippen molar-refractivity contribution in [2.75, 3.05) is 0 Å². The summed E-state index contributed by atoms with van der Waals surface area (Å²) in [5, 5.41) is 9.55. The molecule has 1 aliphatic rings. The minimum Gasteiger partial charge on any atom is -0.481 e. The van der Waals surface area contributed by atoms with Crippen molar-refractivity contribution >= 4 is 17.6 Å². The summed E-state index contributed by atoms with van der Waals surface area (Å²) in [5.41, 5.74) is 0.742. The standard InChI is InChI=1S/C14H16ClFO2/c1-8-7-10(15)12(16)11(9(8)2)14(13(17)18)5-3-4-6-14/h7H,3-6H2,1-2H3,(H,17,18). The topological polar surface area (TPSA) is 37.3 Å².